The normalized spacial score (nSPS) is 11.8. The van der Waals surface area contributed by atoms with Crippen LogP contribution in [0, 0.1) is 0 Å². The van der Waals surface area contributed by atoms with Gasteiger partial charge in [0.2, 0.25) is 0 Å². The van der Waals surface area contributed by atoms with Gasteiger partial charge in [-0.25, -0.2) is 15.0 Å². The van der Waals surface area contributed by atoms with Gasteiger partial charge in [-0.3, -0.25) is 0 Å². The quantitative estimate of drug-likeness (QED) is 0.168. The van der Waals surface area contributed by atoms with Crippen molar-refractivity contribution in [1.29, 1.82) is 0 Å². The molecule has 0 unspecified atom stereocenters. The molecule has 0 saturated heterocycles. The number of hydrogen-bond acceptors (Lipinski definition) is 3. The van der Waals surface area contributed by atoms with E-state index in [2.05, 4.69) is 171 Å². The predicted octanol–water partition coefficient (Wildman–Crippen LogP) is 14.2. The van der Waals surface area contributed by atoms with Gasteiger partial charge in [0, 0.05) is 66.1 Å². The second-order valence-corrected chi connectivity index (χ2v) is 16.0. The molecule has 0 radical (unpaired) electrons. The van der Waals surface area contributed by atoms with Crippen LogP contribution in [0.2, 0.25) is 0 Å². The van der Waals surface area contributed by atoms with Gasteiger partial charge in [0.05, 0.1) is 33.1 Å². The van der Waals surface area contributed by atoms with E-state index in [1.807, 2.05) is 60.7 Å². The first kappa shape index (κ1) is 35.2. The minimum absolute atomic E-state index is 0.628. The summed E-state index contributed by atoms with van der Waals surface area (Å²) in [5.74, 6) is 1.91. The van der Waals surface area contributed by atoms with Crippen molar-refractivity contribution in [3.8, 4) is 51.2 Å². The molecule has 0 fully saturated rings. The van der Waals surface area contributed by atoms with E-state index < -0.39 is 0 Å². The van der Waals surface area contributed by atoms with Gasteiger partial charge in [-0.15, -0.1) is 0 Å². The molecule has 63 heavy (non-hydrogen) atoms. The molecule has 6 heteroatoms. The third-order valence-corrected chi connectivity index (χ3v) is 12.5. The van der Waals surface area contributed by atoms with E-state index in [1.54, 1.807) is 0 Å². The molecule has 294 valence electrons. The van der Waals surface area contributed by atoms with Crippen LogP contribution in [0.1, 0.15) is 0 Å². The highest BCUT2D eigenvalue weighted by Crippen LogP contribution is 2.43. The number of hydrogen-bond donors (Lipinski definition) is 0. The molecular formula is C57H36N6. The van der Waals surface area contributed by atoms with E-state index in [0.29, 0.717) is 17.5 Å². The summed E-state index contributed by atoms with van der Waals surface area (Å²) in [5.41, 5.74) is 13.1. The molecule has 6 nitrogen and oxygen atoms in total. The number of fused-ring (bicyclic) bond motifs is 10. The number of benzene rings is 9. The molecule has 0 aliphatic heterocycles. The van der Waals surface area contributed by atoms with Crippen molar-refractivity contribution < 1.29 is 0 Å². The Bertz CT molecular complexity index is 3820. The van der Waals surface area contributed by atoms with E-state index in [-0.39, 0.29) is 0 Å². The standard InChI is InChI=1S/C57H36N6/c1-4-16-37(17-5-1)55-58-56(38-18-6-2-7-19-38)60-57(59-55)39-28-30-41(31-29-39)62-50-26-14-10-22-43(50)46-33-34-47-44-23-11-15-27-51(44)63(54(47)53(46)62)42-32-35-52-48(36-42)45-24-12-13-25-49(45)61(52)40-20-8-3-9-21-40/h1-36H. The van der Waals surface area contributed by atoms with Crippen LogP contribution in [0.4, 0.5) is 0 Å². The summed E-state index contributed by atoms with van der Waals surface area (Å²) in [5, 5.41) is 7.26. The van der Waals surface area contributed by atoms with Gasteiger partial charge in [0.25, 0.3) is 0 Å². The maximum absolute atomic E-state index is 5.03. The second kappa shape index (κ2) is 14.0. The van der Waals surface area contributed by atoms with E-state index in [1.165, 1.54) is 43.4 Å². The monoisotopic (exact) mass is 804 g/mol. The number of para-hydroxylation sites is 4. The van der Waals surface area contributed by atoms with Gasteiger partial charge in [-0.1, -0.05) is 146 Å². The SMILES string of the molecule is c1ccc(-c2nc(-c3ccccc3)nc(-c3ccc(-n4c5ccccc5c5ccc6c7ccccc7n(-c7ccc8c(c7)c7ccccc7n8-c7ccccc7)c6c54)cc3)n2)cc1. The Morgan fingerprint density at radius 1 is 0.238 bits per heavy atom. The molecule has 0 aliphatic carbocycles. The Morgan fingerprint density at radius 2 is 0.603 bits per heavy atom. The van der Waals surface area contributed by atoms with Crippen LogP contribution in [0.3, 0.4) is 0 Å². The summed E-state index contributed by atoms with van der Waals surface area (Å²) < 4.78 is 7.29. The zero-order valence-corrected chi connectivity index (χ0v) is 34.0. The molecule has 13 aromatic rings. The summed E-state index contributed by atoms with van der Waals surface area (Å²) >= 11 is 0. The lowest BCUT2D eigenvalue weighted by molar-refractivity contribution is 1.07. The molecule has 4 heterocycles. The van der Waals surface area contributed by atoms with Gasteiger partial charge in [0.15, 0.2) is 17.5 Å². The van der Waals surface area contributed by atoms with Crippen molar-refractivity contribution in [2.75, 3.05) is 0 Å². The number of rotatable bonds is 6. The van der Waals surface area contributed by atoms with Crippen molar-refractivity contribution in [3.63, 3.8) is 0 Å². The molecule has 9 aromatic carbocycles. The minimum Gasteiger partial charge on any atom is -0.309 e. The Kier molecular flexibility index (Phi) is 7.80. The van der Waals surface area contributed by atoms with Crippen LogP contribution in [0.25, 0.3) is 117 Å². The minimum atomic E-state index is 0.628. The zero-order chi connectivity index (χ0) is 41.4. The van der Waals surface area contributed by atoms with Gasteiger partial charge < -0.3 is 13.7 Å². The van der Waals surface area contributed by atoms with Crippen molar-refractivity contribution in [3.05, 3.63) is 218 Å². The first-order chi connectivity index (χ1) is 31.3. The first-order valence-corrected chi connectivity index (χ1v) is 21.3. The summed E-state index contributed by atoms with van der Waals surface area (Å²) in [6.45, 7) is 0. The lowest BCUT2D eigenvalue weighted by Gasteiger charge is -2.14. The molecule has 0 saturated carbocycles. The van der Waals surface area contributed by atoms with Crippen LogP contribution in [0.5, 0.6) is 0 Å². The molecule has 13 rings (SSSR count). The molecule has 0 aliphatic rings. The highest BCUT2D eigenvalue weighted by molar-refractivity contribution is 6.24. The van der Waals surface area contributed by atoms with Gasteiger partial charge in [-0.05, 0) is 72.8 Å². The average Bonchev–Trinajstić information content (AvgIpc) is 4.00. The third kappa shape index (κ3) is 5.48. The number of nitrogens with zero attached hydrogens (tertiary/aromatic N) is 6. The van der Waals surface area contributed by atoms with Gasteiger partial charge >= 0.3 is 0 Å². The molecule has 0 amide bonds. The van der Waals surface area contributed by atoms with Crippen molar-refractivity contribution in [1.82, 2.24) is 28.7 Å². The van der Waals surface area contributed by atoms with Gasteiger partial charge in [-0.2, -0.15) is 0 Å². The fraction of sp³-hybridized carbons (Fsp3) is 0. The Hall–Kier alpha value is -8.61. The maximum Gasteiger partial charge on any atom is 0.164 e. The summed E-state index contributed by atoms with van der Waals surface area (Å²) in [6.07, 6.45) is 0. The fourth-order valence-electron chi connectivity index (χ4n) is 9.69. The fourth-order valence-corrected chi connectivity index (χ4v) is 9.69. The first-order valence-electron chi connectivity index (χ1n) is 21.3. The van der Waals surface area contributed by atoms with Crippen LogP contribution in [-0.4, -0.2) is 28.7 Å². The molecule has 0 atom stereocenters. The summed E-state index contributed by atoms with van der Waals surface area (Å²) in [7, 11) is 0. The van der Waals surface area contributed by atoms with Crippen LogP contribution < -0.4 is 0 Å². The third-order valence-electron chi connectivity index (χ3n) is 12.5. The second-order valence-electron chi connectivity index (χ2n) is 16.0. The highest BCUT2D eigenvalue weighted by Gasteiger charge is 2.22. The van der Waals surface area contributed by atoms with Crippen LogP contribution in [-0.2, 0) is 0 Å². The smallest absolute Gasteiger partial charge is 0.164 e. The molecule has 4 aromatic heterocycles. The molecule has 0 spiro atoms. The van der Waals surface area contributed by atoms with Crippen molar-refractivity contribution in [2.24, 2.45) is 0 Å². The van der Waals surface area contributed by atoms with Crippen molar-refractivity contribution in [2.45, 2.75) is 0 Å². The maximum atomic E-state index is 5.03. The van der Waals surface area contributed by atoms with Crippen molar-refractivity contribution >= 4 is 65.4 Å². The molecular weight excluding hydrogens is 769 g/mol. The summed E-state index contributed by atoms with van der Waals surface area (Å²) in [6, 6.07) is 77.4. The van der Waals surface area contributed by atoms with Crippen LogP contribution >= 0.6 is 0 Å². The van der Waals surface area contributed by atoms with E-state index >= 15 is 0 Å². The zero-order valence-electron chi connectivity index (χ0n) is 34.0. The van der Waals surface area contributed by atoms with E-state index in [0.717, 1.165) is 55.8 Å². The lowest BCUT2D eigenvalue weighted by Crippen LogP contribution is -2.01. The lowest BCUT2D eigenvalue weighted by atomic mass is 10.1. The Balaban J connectivity index is 1.04. The Labute approximate surface area is 362 Å². The van der Waals surface area contributed by atoms with E-state index in [9.17, 15) is 0 Å². The van der Waals surface area contributed by atoms with Gasteiger partial charge in [0.1, 0.15) is 0 Å². The molecule has 0 N–H and O–H groups in total. The largest absolute Gasteiger partial charge is 0.309 e. The predicted molar refractivity (Wildman–Crippen MR) is 259 cm³/mol. The average molecular weight is 805 g/mol. The van der Waals surface area contributed by atoms with Crippen LogP contribution in [0.15, 0.2) is 218 Å². The van der Waals surface area contributed by atoms with E-state index in [4.69, 9.17) is 15.0 Å². The molecule has 0 bridgehead atoms. The topological polar surface area (TPSA) is 53.5 Å². The summed E-state index contributed by atoms with van der Waals surface area (Å²) in [4.78, 5) is 15.0. The Morgan fingerprint density at radius 3 is 1.13 bits per heavy atom. The number of aromatic nitrogens is 6. The highest BCUT2D eigenvalue weighted by atomic mass is 15.1.